The first-order valence-corrected chi connectivity index (χ1v) is 5.32. The Bertz CT molecular complexity index is 341. The summed E-state index contributed by atoms with van der Waals surface area (Å²) >= 11 is 0. The van der Waals surface area contributed by atoms with Gasteiger partial charge in [-0.15, -0.1) is 0 Å². The van der Waals surface area contributed by atoms with Crippen molar-refractivity contribution in [3.8, 4) is 0 Å². The lowest BCUT2D eigenvalue weighted by Crippen LogP contribution is -2.33. The number of hydrogen-bond acceptors (Lipinski definition) is 4. The van der Waals surface area contributed by atoms with Gasteiger partial charge in [0.2, 0.25) is 5.89 Å². The van der Waals surface area contributed by atoms with Crippen molar-refractivity contribution in [1.82, 2.24) is 9.88 Å². The van der Waals surface area contributed by atoms with Crippen LogP contribution in [0.3, 0.4) is 0 Å². The fourth-order valence-electron chi connectivity index (χ4n) is 1.76. The first kappa shape index (κ1) is 10.4. The van der Waals surface area contributed by atoms with Crippen molar-refractivity contribution < 1.29 is 9.21 Å². The number of piperidine rings is 1. The van der Waals surface area contributed by atoms with E-state index in [0.29, 0.717) is 18.6 Å². The van der Waals surface area contributed by atoms with Crippen molar-refractivity contribution >= 4 is 5.78 Å². The van der Waals surface area contributed by atoms with E-state index >= 15 is 0 Å². The Morgan fingerprint density at radius 1 is 1.33 bits per heavy atom. The van der Waals surface area contributed by atoms with Gasteiger partial charge < -0.3 is 4.42 Å². The maximum atomic E-state index is 11.1. The van der Waals surface area contributed by atoms with Crippen molar-refractivity contribution in [3.05, 3.63) is 17.3 Å². The van der Waals surface area contributed by atoms with E-state index in [1.54, 1.807) is 0 Å². The summed E-state index contributed by atoms with van der Waals surface area (Å²) in [5.41, 5.74) is 0.957. The molecule has 82 valence electrons. The van der Waals surface area contributed by atoms with Gasteiger partial charge in [-0.3, -0.25) is 9.69 Å². The largest absolute Gasteiger partial charge is 0.444 e. The zero-order valence-electron chi connectivity index (χ0n) is 9.25. The summed E-state index contributed by atoms with van der Waals surface area (Å²) in [4.78, 5) is 17.6. The molecule has 0 amide bonds. The van der Waals surface area contributed by atoms with Crippen LogP contribution in [-0.4, -0.2) is 28.8 Å². The molecule has 0 N–H and O–H groups in total. The summed E-state index contributed by atoms with van der Waals surface area (Å²) in [6.07, 6.45) is 1.33. The third-order valence-corrected chi connectivity index (χ3v) is 2.85. The topological polar surface area (TPSA) is 46.3 Å². The molecular formula is C11H16N2O2. The lowest BCUT2D eigenvalue weighted by molar-refractivity contribution is -0.121. The molecule has 2 rings (SSSR count). The number of carbonyl (C=O) groups is 1. The Morgan fingerprint density at radius 3 is 2.53 bits per heavy atom. The van der Waals surface area contributed by atoms with E-state index < -0.39 is 0 Å². The monoisotopic (exact) mass is 208 g/mol. The van der Waals surface area contributed by atoms with Gasteiger partial charge in [0.05, 0.1) is 12.2 Å². The van der Waals surface area contributed by atoms with Crippen LogP contribution in [-0.2, 0) is 11.3 Å². The number of aryl methyl sites for hydroxylation is 2. The summed E-state index contributed by atoms with van der Waals surface area (Å²) in [6, 6.07) is 0. The average molecular weight is 208 g/mol. The molecule has 0 radical (unpaired) electrons. The maximum Gasteiger partial charge on any atom is 0.208 e. The molecule has 1 aliphatic rings. The van der Waals surface area contributed by atoms with Gasteiger partial charge in [-0.2, -0.15) is 0 Å². The van der Waals surface area contributed by atoms with E-state index in [0.717, 1.165) is 37.0 Å². The minimum absolute atomic E-state index is 0.367. The molecule has 0 saturated carbocycles. The number of ketones is 1. The smallest absolute Gasteiger partial charge is 0.208 e. The van der Waals surface area contributed by atoms with Crippen LogP contribution in [0.1, 0.15) is 30.2 Å². The van der Waals surface area contributed by atoms with Crippen molar-refractivity contribution in [2.75, 3.05) is 13.1 Å². The van der Waals surface area contributed by atoms with Crippen LogP contribution in [0.2, 0.25) is 0 Å². The Hall–Kier alpha value is -1.16. The molecule has 1 fully saturated rings. The molecular weight excluding hydrogens is 192 g/mol. The second-order valence-electron chi connectivity index (χ2n) is 4.06. The highest BCUT2D eigenvalue weighted by Crippen LogP contribution is 2.13. The van der Waals surface area contributed by atoms with Crippen molar-refractivity contribution in [1.29, 1.82) is 0 Å². The molecule has 4 nitrogen and oxygen atoms in total. The normalized spacial score (nSPS) is 18.4. The van der Waals surface area contributed by atoms with Crippen molar-refractivity contribution in [3.63, 3.8) is 0 Å². The van der Waals surface area contributed by atoms with E-state index in [2.05, 4.69) is 9.88 Å². The third kappa shape index (κ3) is 2.45. The highest BCUT2D eigenvalue weighted by Gasteiger charge is 2.18. The number of carbonyl (C=O) groups excluding carboxylic acids is 1. The first-order chi connectivity index (χ1) is 7.15. The molecule has 1 aromatic heterocycles. The van der Waals surface area contributed by atoms with E-state index in [1.807, 2.05) is 13.8 Å². The molecule has 1 aromatic rings. The number of aromatic nitrogens is 1. The van der Waals surface area contributed by atoms with E-state index in [9.17, 15) is 4.79 Å². The second kappa shape index (κ2) is 4.14. The molecule has 1 saturated heterocycles. The van der Waals surface area contributed by atoms with Gasteiger partial charge in [0.15, 0.2) is 0 Å². The fraction of sp³-hybridized carbons (Fsp3) is 0.636. The number of hydrogen-bond donors (Lipinski definition) is 0. The minimum Gasteiger partial charge on any atom is -0.444 e. The summed E-state index contributed by atoms with van der Waals surface area (Å²) in [6.45, 7) is 6.26. The van der Waals surface area contributed by atoms with Crippen LogP contribution in [0.5, 0.6) is 0 Å². The van der Waals surface area contributed by atoms with Gasteiger partial charge in [-0.1, -0.05) is 0 Å². The quantitative estimate of drug-likeness (QED) is 0.738. The first-order valence-electron chi connectivity index (χ1n) is 5.32. The molecule has 4 heteroatoms. The summed E-state index contributed by atoms with van der Waals surface area (Å²) in [5, 5.41) is 0. The molecule has 2 heterocycles. The third-order valence-electron chi connectivity index (χ3n) is 2.85. The molecule has 0 aromatic carbocycles. The van der Waals surface area contributed by atoms with Crippen LogP contribution in [0, 0.1) is 13.8 Å². The summed E-state index contributed by atoms with van der Waals surface area (Å²) < 4.78 is 5.51. The van der Waals surface area contributed by atoms with Gasteiger partial charge in [0.25, 0.3) is 0 Å². The van der Waals surface area contributed by atoms with Crippen LogP contribution < -0.4 is 0 Å². The summed E-state index contributed by atoms with van der Waals surface area (Å²) in [5.74, 6) is 2.02. The number of oxazole rings is 1. The van der Waals surface area contributed by atoms with Gasteiger partial charge in [0.1, 0.15) is 11.5 Å². The zero-order valence-corrected chi connectivity index (χ0v) is 9.25. The lowest BCUT2D eigenvalue weighted by Gasteiger charge is -2.23. The zero-order chi connectivity index (χ0) is 10.8. The highest BCUT2D eigenvalue weighted by molar-refractivity contribution is 5.79. The fourth-order valence-corrected chi connectivity index (χ4v) is 1.76. The number of nitrogens with zero attached hydrogens (tertiary/aromatic N) is 2. The van der Waals surface area contributed by atoms with Crippen LogP contribution >= 0.6 is 0 Å². The van der Waals surface area contributed by atoms with Crippen LogP contribution in [0.15, 0.2) is 4.42 Å². The predicted molar refractivity (Wildman–Crippen MR) is 55.5 cm³/mol. The Kier molecular flexibility index (Phi) is 2.86. The Labute approximate surface area is 89.3 Å². The van der Waals surface area contributed by atoms with E-state index in [1.165, 1.54) is 0 Å². The van der Waals surface area contributed by atoms with E-state index in [-0.39, 0.29) is 0 Å². The molecule has 0 atom stereocenters. The predicted octanol–water partition coefficient (Wildman–Crippen LogP) is 1.46. The Balaban J connectivity index is 1.94. The Morgan fingerprint density at radius 2 is 2.00 bits per heavy atom. The van der Waals surface area contributed by atoms with E-state index in [4.69, 9.17) is 4.42 Å². The highest BCUT2D eigenvalue weighted by atomic mass is 16.4. The lowest BCUT2D eigenvalue weighted by atomic mass is 10.1. The van der Waals surface area contributed by atoms with Gasteiger partial charge >= 0.3 is 0 Å². The summed E-state index contributed by atoms with van der Waals surface area (Å²) in [7, 11) is 0. The molecule has 1 aliphatic heterocycles. The second-order valence-corrected chi connectivity index (χ2v) is 4.06. The molecule has 0 spiro atoms. The molecule has 0 aliphatic carbocycles. The molecule has 15 heavy (non-hydrogen) atoms. The van der Waals surface area contributed by atoms with Gasteiger partial charge in [-0.05, 0) is 13.8 Å². The molecule has 0 unspecified atom stereocenters. The average Bonchev–Trinajstić information content (AvgIpc) is 2.50. The minimum atomic E-state index is 0.367. The standard InChI is InChI=1S/C11H16N2O2/c1-8-9(2)15-11(12-8)7-13-5-3-10(14)4-6-13/h3-7H2,1-2H3. The van der Waals surface area contributed by atoms with Crippen molar-refractivity contribution in [2.24, 2.45) is 0 Å². The van der Waals surface area contributed by atoms with Gasteiger partial charge in [-0.25, -0.2) is 4.98 Å². The van der Waals surface area contributed by atoms with Crippen molar-refractivity contribution in [2.45, 2.75) is 33.2 Å². The van der Waals surface area contributed by atoms with Crippen LogP contribution in [0.25, 0.3) is 0 Å². The molecule has 0 bridgehead atoms. The number of rotatable bonds is 2. The van der Waals surface area contributed by atoms with Crippen LogP contribution in [0.4, 0.5) is 0 Å². The number of likely N-dealkylation sites (tertiary alicyclic amines) is 1. The maximum absolute atomic E-state index is 11.1. The van der Waals surface area contributed by atoms with Gasteiger partial charge in [0, 0.05) is 25.9 Å². The SMILES string of the molecule is Cc1nc(CN2CCC(=O)CC2)oc1C. The number of Topliss-reactive ketones (excluding diaryl/α,β-unsaturated/α-hetero) is 1.